The number of rotatable bonds is 1. The van der Waals surface area contributed by atoms with Crippen molar-refractivity contribution in [3.8, 4) is 6.07 Å². The Labute approximate surface area is 66.4 Å². The molecule has 0 atom stereocenters. The summed E-state index contributed by atoms with van der Waals surface area (Å²) in [6, 6.07) is 3.99. The fourth-order valence-corrected chi connectivity index (χ4v) is 0.917. The number of aryl methyl sites for hydroxylation is 1. The monoisotopic (exact) mass is 146 g/mol. The fraction of sp³-hybridized carbons (Fsp3) is 0.222. The summed E-state index contributed by atoms with van der Waals surface area (Å²) in [4.78, 5) is 0. The van der Waals surface area contributed by atoms with Crippen LogP contribution in [0.4, 0.5) is 0 Å². The van der Waals surface area contributed by atoms with Gasteiger partial charge < -0.3 is 4.57 Å². The van der Waals surface area contributed by atoms with E-state index in [0.717, 1.165) is 11.1 Å². The molecule has 0 bridgehead atoms. The molecule has 1 aromatic heterocycles. The molecular weight excluding hydrogens is 136 g/mol. The van der Waals surface area contributed by atoms with Gasteiger partial charge in [-0.3, -0.25) is 0 Å². The summed E-state index contributed by atoms with van der Waals surface area (Å²) in [5, 5.41) is 8.37. The van der Waals surface area contributed by atoms with Crippen molar-refractivity contribution in [2.24, 2.45) is 7.05 Å². The molecule has 1 aromatic rings. The highest BCUT2D eigenvalue weighted by molar-refractivity contribution is 5.65. The Morgan fingerprint density at radius 2 is 2.45 bits per heavy atom. The minimum Gasteiger partial charge on any atom is -0.357 e. The van der Waals surface area contributed by atoms with Crippen molar-refractivity contribution in [2.45, 2.75) is 6.92 Å². The largest absolute Gasteiger partial charge is 0.357 e. The van der Waals surface area contributed by atoms with Crippen molar-refractivity contribution < 1.29 is 0 Å². The van der Waals surface area contributed by atoms with E-state index in [1.165, 1.54) is 0 Å². The van der Waals surface area contributed by atoms with Gasteiger partial charge in [-0.15, -0.1) is 0 Å². The van der Waals surface area contributed by atoms with E-state index in [1.807, 2.05) is 43.1 Å². The van der Waals surface area contributed by atoms with Crippen LogP contribution in [0.1, 0.15) is 12.5 Å². The van der Waals surface area contributed by atoms with Gasteiger partial charge in [-0.2, -0.15) is 5.26 Å². The molecule has 0 N–H and O–H groups in total. The van der Waals surface area contributed by atoms with Gasteiger partial charge in [-0.05, 0) is 24.1 Å². The zero-order chi connectivity index (χ0) is 8.27. The van der Waals surface area contributed by atoms with Crippen LogP contribution >= 0.6 is 0 Å². The molecule has 0 aromatic carbocycles. The second-order valence-corrected chi connectivity index (χ2v) is 2.52. The molecule has 0 amide bonds. The van der Waals surface area contributed by atoms with E-state index in [9.17, 15) is 0 Å². The van der Waals surface area contributed by atoms with Gasteiger partial charge in [0.1, 0.15) is 0 Å². The van der Waals surface area contributed by atoms with Crippen LogP contribution in [0.25, 0.3) is 5.57 Å². The lowest BCUT2D eigenvalue weighted by atomic mass is 10.1. The lowest BCUT2D eigenvalue weighted by molar-refractivity contribution is 0.927. The van der Waals surface area contributed by atoms with E-state index < -0.39 is 0 Å². The second-order valence-electron chi connectivity index (χ2n) is 2.52. The van der Waals surface area contributed by atoms with E-state index in [1.54, 1.807) is 6.08 Å². The molecule has 0 radical (unpaired) electrons. The molecule has 0 aliphatic heterocycles. The third kappa shape index (κ3) is 1.71. The molecule has 0 unspecified atom stereocenters. The first-order chi connectivity index (χ1) is 5.24. The summed E-state index contributed by atoms with van der Waals surface area (Å²) < 4.78 is 1.96. The van der Waals surface area contributed by atoms with Crippen LogP contribution in [0.15, 0.2) is 24.5 Å². The van der Waals surface area contributed by atoms with E-state index >= 15 is 0 Å². The SMILES string of the molecule is CC(=CC#N)c1ccn(C)c1. The molecule has 0 saturated carbocycles. The van der Waals surface area contributed by atoms with Gasteiger partial charge >= 0.3 is 0 Å². The van der Waals surface area contributed by atoms with Crippen LogP contribution in [0.2, 0.25) is 0 Å². The Hall–Kier alpha value is -1.49. The minimum atomic E-state index is 1.01. The van der Waals surface area contributed by atoms with Gasteiger partial charge in [0.05, 0.1) is 6.07 Å². The molecule has 0 aliphatic carbocycles. The number of hydrogen-bond donors (Lipinski definition) is 0. The Bertz CT molecular complexity index is 313. The van der Waals surface area contributed by atoms with Gasteiger partial charge in [-0.25, -0.2) is 0 Å². The first kappa shape index (κ1) is 7.62. The topological polar surface area (TPSA) is 28.7 Å². The summed E-state index contributed by atoms with van der Waals surface area (Å²) in [6.45, 7) is 1.93. The lowest BCUT2D eigenvalue weighted by Crippen LogP contribution is -1.79. The number of aromatic nitrogens is 1. The molecule has 2 heteroatoms. The van der Waals surface area contributed by atoms with E-state index in [4.69, 9.17) is 5.26 Å². The summed E-state index contributed by atoms with van der Waals surface area (Å²) in [5.74, 6) is 0. The maximum atomic E-state index is 8.37. The Morgan fingerprint density at radius 1 is 1.73 bits per heavy atom. The summed E-state index contributed by atoms with van der Waals surface area (Å²) in [5.41, 5.74) is 2.11. The quantitative estimate of drug-likeness (QED) is 0.557. The van der Waals surface area contributed by atoms with Crippen molar-refractivity contribution in [2.75, 3.05) is 0 Å². The highest BCUT2D eigenvalue weighted by Gasteiger charge is 1.94. The molecular formula is C9H10N2. The van der Waals surface area contributed by atoms with Gasteiger partial charge in [0.25, 0.3) is 0 Å². The number of allylic oxidation sites excluding steroid dienone is 2. The van der Waals surface area contributed by atoms with Crippen LogP contribution in [-0.4, -0.2) is 4.57 Å². The number of nitrogens with zero attached hydrogens (tertiary/aromatic N) is 2. The molecule has 2 nitrogen and oxygen atoms in total. The zero-order valence-electron chi connectivity index (χ0n) is 6.70. The smallest absolute Gasteiger partial charge is 0.0915 e. The van der Waals surface area contributed by atoms with Crippen LogP contribution in [0, 0.1) is 11.3 Å². The van der Waals surface area contributed by atoms with E-state index in [0.29, 0.717) is 0 Å². The minimum absolute atomic E-state index is 1.01. The van der Waals surface area contributed by atoms with Gasteiger partial charge in [0, 0.05) is 25.5 Å². The zero-order valence-corrected chi connectivity index (χ0v) is 6.70. The van der Waals surface area contributed by atoms with Crippen molar-refractivity contribution in [3.63, 3.8) is 0 Å². The van der Waals surface area contributed by atoms with Gasteiger partial charge in [0.15, 0.2) is 0 Å². The van der Waals surface area contributed by atoms with Crippen LogP contribution in [-0.2, 0) is 7.05 Å². The fourth-order valence-electron chi connectivity index (χ4n) is 0.917. The molecule has 1 rings (SSSR count). The second kappa shape index (κ2) is 3.07. The average molecular weight is 146 g/mol. The summed E-state index contributed by atoms with van der Waals surface area (Å²) in [7, 11) is 1.96. The average Bonchev–Trinajstić information content (AvgIpc) is 2.36. The highest BCUT2D eigenvalue weighted by Crippen LogP contribution is 2.12. The third-order valence-corrected chi connectivity index (χ3v) is 1.57. The first-order valence-electron chi connectivity index (χ1n) is 3.43. The van der Waals surface area contributed by atoms with Crippen molar-refractivity contribution in [3.05, 3.63) is 30.1 Å². The van der Waals surface area contributed by atoms with Crippen molar-refractivity contribution in [1.29, 1.82) is 5.26 Å². The van der Waals surface area contributed by atoms with Crippen LogP contribution < -0.4 is 0 Å². The molecule has 0 fully saturated rings. The molecule has 1 heterocycles. The van der Waals surface area contributed by atoms with Crippen LogP contribution in [0.3, 0.4) is 0 Å². The van der Waals surface area contributed by atoms with E-state index in [2.05, 4.69) is 0 Å². The normalized spacial score (nSPS) is 11.2. The third-order valence-electron chi connectivity index (χ3n) is 1.57. The molecule has 11 heavy (non-hydrogen) atoms. The summed E-state index contributed by atoms with van der Waals surface area (Å²) in [6.07, 6.45) is 5.50. The Balaban J connectivity index is 2.95. The molecule has 0 saturated heterocycles. The van der Waals surface area contributed by atoms with Crippen LogP contribution in [0.5, 0.6) is 0 Å². The maximum Gasteiger partial charge on any atom is 0.0915 e. The molecule has 0 spiro atoms. The molecule has 56 valence electrons. The van der Waals surface area contributed by atoms with Gasteiger partial charge in [-0.1, -0.05) is 0 Å². The highest BCUT2D eigenvalue weighted by atomic mass is 14.9. The Morgan fingerprint density at radius 3 is 2.91 bits per heavy atom. The maximum absolute atomic E-state index is 8.37. The molecule has 0 aliphatic rings. The van der Waals surface area contributed by atoms with Crippen molar-refractivity contribution in [1.82, 2.24) is 4.57 Å². The lowest BCUT2D eigenvalue weighted by Gasteiger charge is -1.91. The number of nitriles is 1. The predicted octanol–water partition coefficient (Wildman–Crippen LogP) is 1.95. The first-order valence-corrected chi connectivity index (χ1v) is 3.43. The van der Waals surface area contributed by atoms with E-state index in [-0.39, 0.29) is 0 Å². The Kier molecular flexibility index (Phi) is 2.12. The van der Waals surface area contributed by atoms with Crippen molar-refractivity contribution >= 4 is 5.57 Å². The van der Waals surface area contributed by atoms with Gasteiger partial charge in [0.2, 0.25) is 0 Å². The summed E-state index contributed by atoms with van der Waals surface area (Å²) >= 11 is 0. The predicted molar refractivity (Wildman–Crippen MR) is 44.7 cm³/mol. The number of hydrogen-bond acceptors (Lipinski definition) is 1. The standard InChI is InChI=1S/C9H10N2/c1-8(3-5-10)9-4-6-11(2)7-9/h3-4,6-7H,1-2H3.